The van der Waals surface area contributed by atoms with Gasteiger partial charge in [0.25, 0.3) is 0 Å². The Hall–Kier alpha value is -0.420. The minimum atomic E-state index is -0.462. The Morgan fingerprint density at radius 1 is 1.11 bits per heavy atom. The molecule has 0 aliphatic carbocycles. The molecule has 0 aliphatic heterocycles. The predicted molar refractivity (Wildman–Crippen MR) is 79.3 cm³/mol. The first-order chi connectivity index (χ1) is 8.49. The summed E-state index contributed by atoms with van der Waals surface area (Å²) in [5, 5.41) is 0.0965. The van der Waals surface area contributed by atoms with Gasteiger partial charge >= 0.3 is 0 Å². The van der Waals surface area contributed by atoms with Gasteiger partial charge in [-0.2, -0.15) is 0 Å². The topological polar surface area (TPSA) is 26.0 Å². The highest BCUT2D eigenvalue weighted by molar-refractivity contribution is 9.11. The van der Waals surface area contributed by atoms with Crippen molar-refractivity contribution in [2.45, 2.75) is 6.04 Å². The fraction of sp³-hybridized carbons (Fsp3) is 0.0769. The second kappa shape index (κ2) is 5.70. The molecular weight excluding hydrogens is 384 g/mol. The lowest BCUT2D eigenvalue weighted by atomic mass is 10.00. The van der Waals surface area contributed by atoms with Crippen molar-refractivity contribution in [1.82, 2.24) is 0 Å². The Morgan fingerprint density at radius 3 is 2.50 bits per heavy atom. The van der Waals surface area contributed by atoms with Crippen LogP contribution in [0.15, 0.2) is 45.3 Å². The summed E-state index contributed by atoms with van der Waals surface area (Å²) in [6, 6.07) is 9.89. The molecule has 1 nitrogen and oxygen atoms in total. The SMILES string of the molecule is NC(c1ccc(Cl)c(F)c1)c1cc(Br)ccc1Br. The molecule has 0 saturated carbocycles. The highest BCUT2D eigenvalue weighted by Gasteiger charge is 2.14. The van der Waals surface area contributed by atoms with E-state index in [1.807, 2.05) is 18.2 Å². The molecule has 1 unspecified atom stereocenters. The molecule has 0 fully saturated rings. The van der Waals surface area contributed by atoms with E-state index < -0.39 is 11.9 Å². The molecule has 0 aliphatic rings. The molecule has 0 bridgehead atoms. The molecule has 1 atom stereocenters. The highest BCUT2D eigenvalue weighted by atomic mass is 79.9. The summed E-state index contributed by atoms with van der Waals surface area (Å²) in [4.78, 5) is 0. The number of nitrogens with two attached hydrogens (primary N) is 1. The van der Waals surface area contributed by atoms with Crippen LogP contribution in [-0.2, 0) is 0 Å². The third-order valence-electron chi connectivity index (χ3n) is 2.60. The lowest BCUT2D eigenvalue weighted by Gasteiger charge is -2.15. The van der Waals surface area contributed by atoms with E-state index in [-0.39, 0.29) is 5.02 Å². The van der Waals surface area contributed by atoms with Crippen molar-refractivity contribution in [2.24, 2.45) is 5.73 Å². The van der Waals surface area contributed by atoms with Gasteiger partial charge in [-0.3, -0.25) is 0 Å². The smallest absolute Gasteiger partial charge is 0.142 e. The quantitative estimate of drug-likeness (QED) is 0.759. The Kier molecular flexibility index (Phi) is 4.43. The number of rotatable bonds is 2. The van der Waals surface area contributed by atoms with Gasteiger partial charge in [-0.15, -0.1) is 0 Å². The number of hydrogen-bond acceptors (Lipinski definition) is 1. The first-order valence-electron chi connectivity index (χ1n) is 5.14. The monoisotopic (exact) mass is 391 g/mol. The van der Waals surface area contributed by atoms with Crippen LogP contribution in [0, 0.1) is 5.82 Å². The second-order valence-corrected chi connectivity index (χ2v) is 5.99. The minimum Gasteiger partial charge on any atom is -0.320 e. The average Bonchev–Trinajstić information content (AvgIpc) is 2.35. The molecule has 2 N–H and O–H groups in total. The molecule has 0 aromatic heterocycles. The zero-order valence-corrected chi connectivity index (χ0v) is 13.1. The van der Waals surface area contributed by atoms with E-state index in [0.29, 0.717) is 5.56 Å². The maximum absolute atomic E-state index is 13.4. The van der Waals surface area contributed by atoms with Crippen LogP contribution in [0.2, 0.25) is 5.02 Å². The highest BCUT2D eigenvalue weighted by Crippen LogP contribution is 2.30. The summed E-state index contributed by atoms with van der Waals surface area (Å²) in [5.74, 6) is -0.462. The van der Waals surface area contributed by atoms with Crippen LogP contribution in [0.3, 0.4) is 0 Å². The molecule has 94 valence electrons. The van der Waals surface area contributed by atoms with Crippen molar-refractivity contribution in [1.29, 1.82) is 0 Å². The largest absolute Gasteiger partial charge is 0.320 e. The standard InChI is InChI=1S/C13H9Br2ClFN/c14-8-2-3-10(15)9(6-8)13(18)7-1-4-11(16)12(17)5-7/h1-6,13H,18H2. The summed E-state index contributed by atoms with van der Waals surface area (Å²) in [5.41, 5.74) is 7.70. The van der Waals surface area contributed by atoms with Gasteiger partial charge in [0.05, 0.1) is 11.1 Å². The molecule has 0 heterocycles. The van der Waals surface area contributed by atoms with Gasteiger partial charge in [0.1, 0.15) is 5.82 Å². The van der Waals surface area contributed by atoms with Gasteiger partial charge in [0.2, 0.25) is 0 Å². The van der Waals surface area contributed by atoms with Gasteiger partial charge < -0.3 is 5.73 Å². The molecule has 2 aromatic rings. The van der Waals surface area contributed by atoms with Crippen molar-refractivity contribution in [3.05, 3.63) is 67.3 Å². The lowest BCUT2D eigenvalue weighted by molar-refractivity contribution is 0.624. The van der Waals surface area contributed by atoms with Crippen LogP contribution in [0.5, 0.6) is 0 Å². The van der Waals surface area contributed by atoms with E-state index in [1.54, 1.807) is 6.07 Å². The normalized spacial score (nSPS) is 12.5. The molecule has 2 rings (SSSR count). The average molecular weight is 393 g/mol. The van der Waals surface area contributed by atoms with E-state index >= 15 is 0 Å². The van der Waals surface area contributed by atoms with E-state index in [4.69, 9.17) is 17.3 Å². The number of hydrogen-bond donors (Lipinski definition) is 1. The molecule has 18 heavy (non-hydrogen) atoms. The van der Waals surface area contributed by atoms with Crippen molar-refractivity contribution < 1.29 is 4.39 Å². The summed E-state index contributed by atoms with van der Waals surface area (Å²) < 4.78 is 15.2. The van der Waals surface area contributed by atoms with Crippen molar-refractivity contribution in [2.75, 3.05) is 0 Å². The van der Waals surface area contributed by atoms with Crippen LogP contribution in [0.25, 0.3) is 0 Å². The maximum Gasteiger partial charge on any atom is 0.142 e. The van der Waals surface area contributed by atoms with Crippen LogP contribution in [0.1, 0.15) is 17.2 Å². The summed E-state index contributed by atoms with van der Waals surface area (Å²) in [6.45, 7) is 0. The predicted octanol–water partition coefficient (Wildman–Crippen LogP) is 5.05. The Bertz CT molecular complexity index is 589. The van der Waals surface area contributed by atoms with Crippen molar-refractivity contribution >= 4 is 43.5 Å². The zero-order chi connectivity index (χ0) is 13.3. The fourth-order valence-corrected chi connectivity index (χ4v) is 2.63. The lowest BCUT2D eigenvalue weighted by Crippen LogP contribution is -2.12. The van der Waals surface area contributed by atoms with Crippen molar-refractivity contribution in [3.8, 4) is 0 Å². The third-order valence-corrected chi connectivity index (χ3v) is 4.12. The first kappa shape index (κ1) is 14.0. The molecular formula is C13H9Br2ClFN. The number of benzene rings is 2. The second-order valence-electron chi connectivity index (χ2n) is 3.82. The molecule has 0 radical (unpaired) electrons. The van der Waals surface area contributed by atoms with Gasteiger partial charge in [0, 0.05) is 8.95 Å². The Morgan fingerprint density at radius 2 is 1.83 bits per heavy atom. The van der Waals surface area contributed by atoms with Crippen LogP contribution in [0.4, 0.5) is 4.39 Å². The van der Waals surface area contributed by atoms with E-state index in [0.717, 1.165) is 14.5 Å². The molecule has 0 spiro atoms. The summed E-state index contributed by atoms with van der Waals surface area (Å²) in [6.07, 6.45) is 0. The molecule has 2 aromatic carbocycles. The number of halogens is 4. The van der Waals surface area contributed by atoms with Gasteiger partial charge in [-0.25, -0.2) is 4.39 Å². The van der Waals surface area contributed by atoms with E-state index in [1.165, 1.54) is 12.1 Å². The maximum atomic E-state index is 13.4. The van der Waals surface area contributed by atoms with Crippen LogP contribution < -0.4 is 5.73 Å². The molecule has 0 amide bonds. The Labute approximate surface area is 126 Å². The first-order valence-corrected chi connectivity index (χ1v) is 7.11. The van der Waals surface area contributed by atoms with Crippen molar-refractivity contribution in [3.63, 3.8) is 0 Å². The summed E-state index contributed by atoms with van der Waals surface area (Å²) in [7, 11) is 0. The van der Waals surface area contributed by atoms with Gasteiger partial charge in [-0.1, -0.05) is 49.5 Å². The van der Waals surface area contributed by atoms with Crippen LogP contribution >= 0.6 is 43.5 Å². The van der Waals surface area contributed by atoms with Gasteiger partial charge in [-0.05, 0) is 41.5 Å². The molecule has 0 saturated heterocycles. The van der Waals surface area contributed by atoms with Crippen LogP contribution in [-0.4, -0.2) is 0 Å². The van der Waals surface area contributed by atoms with E-state index in [9.17, 15) is 4.39 Å². The van der Waals surface area contributed by atoms with E-state index in [2.05, 4.69) is 31.9 Å². The molecule has 5 heteroatoms. The summed E-state index contributed by atoms with van der Waals surface area (Å²) >= 11 is 12.5. The third kappa shape index (κ3) is 2.94. The Balaban J connectivity index is 2.44. The van der Waals surface area contributed by atoms with Gasteiger partial charge in [0.15, 0.2) is 0 Å². The minimum absolute atomic E-state index is 0.0965. The zero-order valence-electron chi connectivity index (χ0n) is 9.13. The fourth-order valence-electron chi connectivity index (χ4n) is 1.64.